The molecular formula is C14H13N5O3. The van der Waals surface area contributed by atoms with Gasteiger partial charge in [-0.3, -0.25) is 14.8 Å². The van der Waals surface area contributed by atoms with E-state index in [2.05, 4.69) is 20.6 Å². The Hall–Kier alpha value is -3.16. The van der Waals surface area contributed by atoms with Gasteiger partial charge in [-0.15, -0.1) is 5.10 Å². The summed E-state index contributed by atoms with van der Waals surface area (Å²) in [7, 11) is 3.32. The lowest BCUT2D eigenvalue weighted by Crippen LogP contribution is -2.12. The predicted molar refractivity (Wildman–Crippen MR) is 77.4 cm³/mol. The predicted octanol–water partition coefficient (Wildman–Crippen LogP) is 1.73. The van der Waals surface area contributed by atoms with Crippen LogP contribution in [-0.4, -0.2) is 33.0 Å². The molecule has 0 radical (unpaired) electrons. The van der Waals surface area contributed by atoms with E-state index in [1.165, 1.54) is 7.11 Å². The molecule has 8 nitrogen and oxygen atoms in total. The van der Waals surface area contributed by atoms with Crippen LogP contribution >= 0.6 is 0 Å². The molecule has 0 atom stereocenters. The van der Waals surface area contributed by atoms with Gasteiger partial charge in [-0.25, -0.2) is 0 Å². The fraction of sp³-hybridized carbons (Fsp3) is 0.143. The topological polar surface area (TPSA) is 95.1 Å². The lowest BCUT2D eigenvalue weighted by atomic mass is 10.2. The van der Waals surface area contributed by atoms with Gasteiger partial charge in [-0.05, 0) is 24.3 Å². The van der Waals surface area contributed by atoms with Crippen LogP contribution in [0.4, 0.5) is 6.01 Å². The Morgan fingerprint density at radius 3 is 2.91 bits per heavy atom. The molecule has 0 bridgehead atoms. The van der Waals surface area contributed by atoms with Gasteiger partial charge in [0, 0.05) is 18.8 Å². The zero-order valence-electron chi connectivity index (χ0n) is 12.0. The van der Waals surface area contributed by atoms with Gasteiger partial charge in [-0.2, -0.15) is 5.10 Å². The van der Waals surface area contributed by atoms with Crippen molar-refractivity contribution in [1.29, 1.82) is 0 Å². The molecule has 1 amide bonds. The normalized spacial score (nSPS) is 10.5. The number of nitrogens with one attached hydrogen (secondary N) is 1. The van der Waals surface area contributed by atoms with Crippen molar-refractivity contribution in [3.05, 3.63) is 42.1 Å². The van der Waals surface area contributed by atoms with Crippen molar-refractivity contribution in [3.8, 4) is 17.3 Å². The molecule has 0 spiro atoms. The van der Waals surface area contributed by atoms with Gasteiger partial charge in [0.15, 0.2) is 0 Å². The average Bonchev–Trinajstić information content (AvgIpc) is 3.16. The lowest BCUT2D eigenvalue weighted by molar-refractivity contribution is 0.102. The fourth-order valence-corrected chi connectivity index (χ4v) is 1.84. The highest BCUT2D eigenvalue weighted by Gasteiger charge is 2.14. The molecule has 3 aromatic rings. The number of hydrogen-bond acceptors (Lipinski definition) is 6. The van der Waals surface area contributed by atoms with E-state index in [0.717, 1.165) is 0 Å². The molecule has 0 aliphatic rings. The number of aryl methyl sites for hydroxylation is 1. The minimum atomic E-state index is -0.366. The standard InChI is InChI=1S/C14H13N5O3/c1-19-7-6-11(18-19)13-16-17-14(22-13)15-12(20)9-4-3-5-10(8-9)21-2/h3-8H,1-2H3,(H,15,17,20). The Morgan fingerprint density at radius 2 is 2.18 bits per heavy atom. The summed E-state index contributed by atoms with van der Waals surface area (Å²) in [5, 5.41) is 14.3. The van der Waals surface area contributed by atoms with Crippen LogP contribution < -0.4 is 10.1 Å². The zero-order chi connectivity index (χ0) is 15.5. The summed E-state index contributed by atoms with van der Waals surface area (Å²) >= 11 is 0. The lowest BCUT2D eigenvalue weighted by Gasteiger charge is -2.03. The number of hydrogen-bond donors (Lipinski definition) is 1. The number of carbonyl (C=O) groups is 1. The maximum Gasteiger partial charge on any atom is 0.322 e. The number of anilines is 1. The van der Waals surface area contributed by atoms with E-state index in [1.807, 2.05) is 0 Å². The average molecular weight is 299 g/mol. The molecule has 8 heteroatoms. The number of amides is 1. The molecule has 2 aromatic heterocycles. The van der Waals surface area contributed by atoms with E-state index in [-0.39, 0.29) is 17.8 Å². The first-order valence-corrected chi connectivity index (χ1v) is 6.44. The van der Waals surface area contributed by atoms with Crippen LogP contribution in [0.3, 0.4) is 0 Å². The van der Waals surface area contributed by atoms with Crippen molar-refractivity contribution in [2.75, 3.05) is 12.4 Å². The Kier molecular flexibility index (Phi) is 3.57. The van der Waals surface area contributed by atoms with Gasteiger partial charge in [0.2, 0.25) is 0 Å². The van der Waals surface area contributed by atoms with Crippen LogP contribution in [0.1, 0.15) is 10.4 Å². The molecule has 0 saturated heterocycles. The number of methoxy groups -OCH3 is 1. The summed E-state index contributed by atoms with van der Waals surface area (Å²) in [6.07, 6.45) is 1.76. The molecular weight excluding hydrogens is 286 g/mol. The second-order valence-electron chi connectivity index (χ2n) is 4.47. The van der Waals surface area contributed by atoms with Crippen LogP contribution in [0.15, 0.2) is 40.9 Å². The Morgan fingerprint density at radius 1 is 1.32 bits per heavy atom. The largest absolute Gasteiger partial charge is 0.497 e. The smallest absolute Gasteiger partial charge is 0.322 e. The maximum atomic E-state index is 12.1. The van der Waals surface area contributed by atoms with E-state index in [0.29, 0.717) is 17.0 Å². The SMILES string of the molecule is COc1cccc(C(=O)Nc2nnc(-c3ccn(C)n3)o2)c1. The van der Waals surface area contributed by atoms with Gasteiger partial charge >= 0.3 is 6.01 Å². The van der Waals surface area contributed by atoms with Gasteiger partial charge in [0.05, 0.1) is 7.11 Å². The van der Waals surface area contributed by atoms with Crippen LogP contribution in [0.2, 0.25) is 0 Å². The summed E-state index contributed by atoms with van der Waals surface area (Å²) in [5.41, 5.74) is 0.966. The van der Waals surface area contributed by atoms with E-state index in [1.54, 1.807) is 48.3 Å². The molecule has 2 heterocycles. The highest BCUT2D eigenvalue weighted by molar-refractivity contribution is 6.03. The Labute approximate surface area is 125 Å². The zero-order valence-corrected chi connectivity index (χ0v) is 12.0. The highest BCUT2D eigenvalue weighted by Crippen LogP contribution is 2.18. The van der Waals surface area contributed by atoms with E-state index in [4.69, 9.17) is 9.15 Å². The number of ether oxygens (including phenoxy) is 1. The fourth-order valence-electron chi connectivity index (χ4n) is 1.84. The quantitative estimate of drug-likeness (QED) is 0.788. The Bertz CT molecular complexity index is 808. The summed E-state index contributed by atoms with van der Waals surface area (Å²) in [6, 6.07) is 8.50. The van der Waals surface area contributed by atoms with Gasteiger partial charge in [0.1, 0.15) is 11.4 Å². The van der Waals surface area contributed by atoms with Crippen molar-refractivity contribution in [2.24, 2.45) is 7.05 Å². The third-order valence-corrected chi connectivity index (χ3v) is 2.91. The molecule has 0 fully saturated rings. The minimum absolute atomic E-state index is 0.00785. The molecule has 22 heavy (non-hydrogen) atoms. The molecule has 112 valence electrons. The van der Waals surface area contributed by atoms with Gasteiger partial charge in [0.25, 0.3) is 11.8 Å². The first-order chi connectivity index (χ1) is 10.7. The molecule has 3 rings (SSSR count). The van der Waals surface area contributed by atoms with Crippen LogP contribution in [-0.2, 0) is 7.05 Å². The minimum Gasteiger partial charge on any atom is -0.497 e. The molecule has 1 aromatic carbocycles. The molecule has 0 aliphatic carbocycles. The van der Waals surface area contributed by atoms with Gasteiger partial charge in [-0.1, -0.05) is 11.2 Å². The third-order valence-electron chi connectivity index (χ3n) is 2.91. The first kappa shape index (κ1) is 13.8. The molecule has 0 saturated carbocycles. The maximum absolute atomic E-state index is 12.1. The first-order valence-electron chi connectivity index (χ1n) is 6.44. The molecule has 0 unspecified atom stereocenters. The molecule has 1 N–H and O–H groups in total. The summed E-state index contributed by atoms with van der Waals surface area (Å²) in [5.74, 6) is 0.462. The number of nitrogens with zero attached hydrogens (tertiary/aromatic N) is 4. The number of carbonyl (C=O) groups excluding carboxylic acids is 1. The number of rotatable bonds is 4. The summed E-state index contributed by atoms with van der Waals surface area (Å²) in [6.45, 7) is 0. The second kappa shape index (κ2) is 5.68. The summed E-state index contributed by atoms with van der Waals surface area (Å²) < 4.78 is 12.1. The number of benzene rings is 1. The van der Waals surface area contributed by atoms with Crippen LogP contribution in [0.5, 0.6) is 5.75 Å². The molecule has 0 aliphatic heterocycles. The van der Waals surface area contributed by atoms with Crippen molar-refractivity contribution in [3.63, 3.8) is 0 Å². The highest BCUT2D eigenvalue weighted by atomic mass is 16.5. The van der Waals surface area contributed by atoms with E-state index in [9.17, 15) is 4.79 Å². The van der Waals surface area contributed by atoms with Crippen LogP contribution in [0.25, 0.3) is 11.6 Å². The summed E-state index contributed by atoms with van der Waals surface area (Å²) in [4.78, 5) is 12.1. The van der Waals surface area contributed by atoms with Crippen LogP contribution in [0, 0.1) is 0 Å². The Balaban J connectivity index is 1.75. The van der Waals surface area contributed by atoms with Gasteiger partial charge < -0.3 is 9.15 Å². The third kappa shape index (κ3) is 2.80. The van der Waals surface area contributed by atoms with Crippen molar-refractivity contribution in [1.82, 2.24) is 20.0 Å². The van der Waals surface area contributed by atoms with Crippen molar-refractivity contribution >= 4 is 11.9 Å². The van der Waals surface area contributed by atoms with E-state index >= 15 is 0 Å². The van der Waals surface area contributed by atoms with E-state index < -0.39 is 0 Å². The second-order valence-corrected chi connectivity index (χ2v) is 4.47. The van der Waals surface area contributed by atoms with Crippen molar-refractivity contribution < 1.29 is 13.9 Å². The monoisotopic (exact) mass is 299 g/mol. The number of aromatic nitrogens is 4. The van der Waals surface area contributed by atoms with Crippen molar-refractivity contribution in [2.45, 2.75) is 0 Å².